The molecule has 1 N–H and O–H groups in total. The van der Waals surface area contributed by atoms with Crippen LogP contribution in [-0.2, 0) is 0 Å². The minimum absolute atomic E-state index is 0.837. The van der Waals surface area contributed by atoms with Gasteiger partial charge in [0.25, 0.3) is 0 Å². The number of likely N-dealkylation sites (N-methyl/N-ethyl adjacent to an activating group) is 1. The molecule has 3 aliphatic rings. The third kappa shape index (κ3) is 0.695. The number of piperazine rings is 1. The standard InChI is InChI=1S/C9H16N2/c1-11-8-4-5-9(11)7-3-2-6(8)10-7/h6-10H,2-5H2,1H3/t6-,7+,8-,9+. The van der Waals surface area contributed by atoms with Crippen molar-refractivity contribution in [2.75, 3.05) is 7.05 Å². The smallest absolute Gasteiger partial charge is 0.0250 e. The third-order valence-corrected chi connectivity index (χ3v) is 3.95. The van der Waals surface area contributed by atoms with Crippen LogP contribution in [-0.4, -0.2) is 36.1 Å². The highest BCUT2D eigenvalue weighted by atomic mass is 15.3. The van der Waals surface area contributed by atoms with E-state index < -0.39 is 0 Å². The molecule has 3 saturated heterocycles. The van der Waals surface area contributed by atoms with Gasteiger partial charge >= 0.3 is 0 Å². The molecule has 4 bridgehead atoms. The van der Waals surface area contributed by atoms with Crippen LogP contribution < -0.4 is 5.32 Å². The molecule has 0 aliphatic carbocycles. The maximum absolute atomic E-state index is 3.74. The highest BCUT2D eigenvalue weighted by molar-refractivity contribution is 5.08. The van der Waals surface area contributed by atoms with E-state index in [1.165, 1.54) is 25.7 Å². The first-order valence-corrected chi connectivity index (χ1v) is 4.84. The van der Waals surface area contributed by atoms with Crippen molar-refractivity contribution in [3.8, 4) is 0 Å². The van der Waals surface area contributed by atoms with E-state index >= 15 is 0 Å². The van der Waals surface area contributed by atoms with Gasteiger partial charge in [0.1, 0.15) is 0 Å². The summed E-state index contributed by atoms with van der Waals surface area (Å²) < 4.78 is 0. The lowest BCUT2D eigenvalue weighted by Crippen LogP contribution is -2.56. The van der Waals surface area contributed by atoms with Crippen LogP contribution in [0, 0.1) is 0 Å². The molecule has 2 nitrogen and oxygen atoms in total. The Morgan fingerprint density at radius 1 is 1.00 bits per heavy atom. The number of rotatable bonds is 0. The van der Waals surface area contributed by atoms with Gasteiger partial charge in [0.15, 0.2) is 0 Å². The first kappa shape index (κ1) is 6.44. The summed E-state index contributed by atoms with van der Waals surface area (Å²) in [4.78, 5) is 2.62. The molecule has 3 fully saturated rings. The second-order valence-electron chi connectivity index (χ2n) is 4.33. The Labute approximate surface area is 68.0 Å². The van der Waals surface area contributed by atoms with Crippen LogP contribution >= 0.6 is 0 Å². The minimum atomic E-state index is 0.837. The highest BCUT2D eigenvalue weighted by Crippen LogP contribution is 2.38. The summed E-state index contributed by atoms with van der Waals surface area (Å²) in [6.45, 7) is 0. The average molecular weight is 152 g/mol. The first-order valence-electron chi connectivity index (χ1n) is 4.84. The van der Waals surface area contributed by atoms with Crippen LogP contribution in [0.25, 0.3) is 0 Å². The Bertz CT molecular complexity index is 158. The van der Waals surface area contributed by atoms with Crippen LogP contribution in [0.3, 0.4) is 0 Å². The molecule has 11 heavy (non-hydrogen) atoms. The Balaban J connectivity index is 1.97. The maximum Gasteiger partial charge on any atom is 0.0250 e. The molecule has 4 atom stereocenters. The fourth-order valence-corrected chi connectivity index (χ4v) is 3.37. The second-order valence-corrected chi connectivity index (χ2v) is 4.33. The summed E-state index contributed by atoms with van der Waals surface area (Å²) >= 11 is 0. The SMILES string of the molecule is CN1[C@@H]2CC[C@H]1[C@@H]1CC[C@H]2N1. The van der Waals surface area contributed by atoms with Gasteiger partial charge in [-0.2, -0.15) is 0 Å². The molecule has 2 heteroatoms. The highest BCUT2D eigenvalue weighted by Gasteiger charge is 2.48. The molecular weight excluding hydrogens is 136 g/mol. The van der Waals surface area contributed by atoms with Gasteiger partial charge < -0.3 is 5.32 Å². The fraction of sp³-hybridized carbons (Fsp3) is 1.00. The normalized spacial score (nSPS) is 55.4. The lowest BCUT2D eigenvalue weighted by atomic mass is 10.0. The summed E-state index contributed by atoms with van der Waals surface area (Å²) in [7, 11) is 2.31. The molecule has 0 amide bonds. The Morgan fingerprint density at radius 3 is 2.09 bits per heavy atom. The van der Waals surface area contributed by atoms with Crippen molar-refractivity contribution in [1.82, 2.24) is 10.2 Å². The van der Waals surface area contributed by atoms with Gasteiger partial charge in [-0.3, -0.25) is 4.90 Å². The van der Waals surface area contributed by atoms with Gasteiger partial charge in [-0.1, -0.05) is 0 Å². The average Bonchev–Trinajstić information content (AvgIpc) is 2.42. The van der Waals surface area contributed by atoms with Crippen molar-refractivity contribution in [3.63, 3.8) is 0 Å². The van der Waals surface area contributed by atoms with E-state index in [1.807, 2.05) is 0 Å². The molecule has 3 aliphatic heterocycles. The summed E-state index contributed by atoms with van der Waals surface area (Å²) in [5.41, 5.74) is 0. The lowest BCUT2D eigenvalue weighted by molar-refractivity contribution is 0.144. The molecule has 0 saturated carbocycles. The minimum Gasteiger partial charge on any atom is -0.308 e. The van der Waals surface area contributed by atoms with E-state index in [9.17, 15) is 0 Å². The quantitative estimate of drug-likeness (QED) is 0.546. The van der Waals surface area contributed by atoms with Crippen molar-refractivity contribution < 1.29 is 0 Å². The molecule has 0 aromatic rings. The second kappa shape index (κ2) is 1.99. The molecular formula is C9H16N2. The summed E-state index contributed by atoms with van der Waals surface area (Å²) in [5.74, 6) is 0. The van der Waals surface area contributed by atoms with Gasteiger partial charge in [-0.15, -0.1) is 0 Å². The molecule has 3 heterocycles. The van der Waals surface area contributed by atoms with E-state index in [4.69, 9.17) is 0 Å². The van der Waals surface area contributed by atoms with E-state index in [0.29, 0.717) is 0 Å². The van der Waals surface area contributed by atoms with Crippen molar-refractivity contribution in [2.45, 2.75) is 49.9 Å². The number of fused-ring (bicyclic) bond motifs is 6. The number of hydrogen-bond donors (Lipinski definition) is 1. The topological polar surface area (TPSA) is 15.3 Å². The van der Waals surface area contributed by atoms with E-state index in [-0.39, 0.29) is 0 Å². The molecule has 0 aromatic heterocycles. The third-order valence-electron chi connectivity index (χ3n) is 3.95. The zero-order valence-electron chi connectivity index (χ0n) is 7.09. The molecule has 3 rings (SSSR count). The largest absolute Gasteiger partial charge is 0.308 e. The van der Waals surface area contributed by atoms with Crippen LogP contribution in [0.15, 0.2) is 0 Å². The molecule has 0 aromatic carbocycles. The van der Waals surface area contributed by atoms with Crippen LogP contribution in [0.5, 0.6) is 0 Å². The van der Waals surface area contributed by atoms with Crippen LogP contribution in [0.4, 0.5) is 0 Å². The zero-order chi connectivity index (χ0) is 7.42. The molecule has 62 valence electrons. The molecule has 0 radical (unpaired) electrons. The predicted octanol–water partition coefficient (Wildman–Crippen LogP) is 0.583. The van der Waals surface area contributed by atoms with Gasteiger partial charge in [-0.25, -0.2) is 0 Å². The van der Waals surface area contributed by atoms with Crippen molar-refractivity contribution >= 4 is 0 Å². The van der Waals surface area contributed by atoms with Gasteiger partial charge in [0, 0.05) is 24.2 Å². The van der Waals surface area contributed by atoms with Gasteiger partial charge in [0.05, 0.1) is 0 Å². The summed E-state index contributed by atoms with van der Waals surface area (Å²) in [6.07, 6.45) is 5.73. The van der Waals surface area contributed by atoms with Crippen molar-refractivity contribution in [1.29, 1.82) is 0 Å². The Morgan fingerprint density at radius 2 is 1.55 bits per heavy atom. The summed E-state index contributed by atoms with van der Waals surface area (Å²) in [5, 5.41) is 3.74. The molecule has 0 spiro atoms. The number of hydrogen-bond acceptors (Lipinski definition) is 2. The van der Waals surface area contributed by atoms with Gasteiger partial charge in [-0.05, 0) is 32.7 Å². The van der Waals surface area contributed by atoms with Crippen molar-refractivity contribution in [2.24, 2.45) is 0 Å². The Hall–Kier alpha value is -0.0800. The number of nitrogens with one attached hydrogen (secondary N) is 1. The van der Waals surface area contributed by atoms with Crippen LogP contribution in [0.2, 0.25) is 0 Å². The van der Waals surface area contributed by atoms with E-state index in [0.717, 1.165) is 24.2 Å². The summed E-state index contributed by atoms with van der Waals surface area (Å²) in [6, 6.07) is 3.42. The Kier molecular flexibility index (Phi) is 1.16. The van der Waals surface area contributed by atoms with Crippen molar-refractivity contribution in [3.05, 3.63) is 0 Å². The zero-order valence-corrected chi connectivity index (χ0v) is 7.09. The first-order chi connectivity index (χ1) is 5.36. The van der Waals surface area contributed by atoms with Gasteiger partial charge in [0.2, 0.25) is 0 Å². The lowest BCUT2D eigenvalue weighted by Gasteiger charge is -2.37. The monoisotopic (exact) mass is 152 g/mol. The maximum atomic E-state index is 3.74. The van der Waals surface area contributed by atoms with E-state index in [1.54, 1.807) is 0 Å². The fourth-order valence-electron chi connectivity index (χ4n) is 3.37. The number of nitrogens with zero attached hydrogens (tertiary/aromatic N) is 1. The van der Waals surface area contributed by atoms with Crippen LogP contribution in [0.1, 0.15) is 25.7 Å². The predicted molar refractivity (Wildman–Crippen MR) is 44.5 cm³/mol. The van der Waals surface area contributed by atoms with E-state index in [2.05, 4.69) is 17.3 Å². The molecule has 0 unspecified atom stereocenters.